The van der Waals surface area contributed by atoms with Gasteiger partial charge in [0.15, 0.2) is 5.03 Å². The highest BCUT2D eigenvalue weighted by atomic mass is 32.2. The largest absolute Gasteiger partial charge is 0.394 e. The van der Waals surface area contributed by atoms with E-state index in [4.69, 9.17) is 11.1 Å². The lowest BCUT2D eigenvalue weighted by molar-refractivity contribution is -0.629. The number of nitro groups is 1. The summed E-state index contributed by atoms with van der Waals surface area (Å²) in [6.07, 6.45) is 2.10. The molecule has 5 N–H and O–H groups in total. The molecular formula is C27H38N6O6S. The lowest BCUT2D eigenvalue weighted by Crippen LogP contribution is -2.54. The Balaban J connectivity index is 1.89. The minimum atomic E-state index is -4.19. The van der Waals surface area contributed by atoms with Gasteiger partial charge in [0.25, 0.3) is 5.96 Å². The summed E-state index contributed by atoms with van der Waals surface area (Å²) in [7, 11) is -4.19. The molecule has 1 aliphatic rings. The number of aliphatic hydroxyl groups excluding tert-OH is 1. The number of likely N-dealkylation sites (tertiary alicyclic amines) is 1. The number of nitrogens with one attached hydrogen (secondary N) is 2. The number of sulfonamides is 1. The normalized spacial score (nSPS) is 16.8. The number of benzene rings is 2. The van der Waals surface area contributed by atoms with Gasteiger partial charge in [0.05, 0.1) is 24.1 Å². The Morgan fingerprint density at radius 3 is 2.52 bits per heavy atom. The molecule has 0 bridgehead atoms. The van der Waals surface area contributed by atoms with Crippen molar-refractivity contribution in [3.05, 3.63) is 75.8 Å². The van der Waals surface area contributed by atoms with Crippen LogP contribution in [0.3, 0.4) is 0 Å². The third-order valence-corrected chi connectivity index (χ3v) is 8.89. The van der Waals surface area contributed by atoms with E-state index < -0.39 is 44.4 Å². The summed E-state index contributed by atoms with van der Waals surface area (Å²) in [6, 6.07) is 14.6. The Bertz CT molecular complexity index is 1290. The predicted molar refractivity (Wildman–Crippen MR) is 150 cm³/mol. The first-order chi connectivity index (χ1) is 18.9. The number of carbonyl (C=O) groups excluding carboxylic acids is 1. The van der Waals surface area contributed by atoms with Gasteiger partial charge in [-0.05, 0) is 55.4 Å². The van der Waals surface area contributed by atoms with E-state index in [2.05, 4.69) is 4.72 Å². The summed E-state index contributed by atoms with van der Waals surface area (Å²) in [6.45, 7) is 3.83. The van der Waals surface area contributed by atoms with Crippen molar-refractivity contribution in [3.8, 4) is 0 Å². The smallest absolute Gasteiger partial charge is 0.251 e. The summed E-state index contributed by atoms with van der Waals surface area (Å²) in [5.41, 5.74) is 6.57. The van der Waals surface area contributed by atoms with Crippen molar-refractivity contribution in [2.24, 2.45) is 5.73 Å². The van der Waals surface area contributed by atoms with Crippen molar-refractivity contribution in [3.63, 3.8) is 0 Å². The summed E-state index contributed by atoms with van der Waals surface area (Å²) in [5, 5.41) is 28.0. The van der Waals surface area contributed by atoms with E-state index in [1.807, 2.05) is 50.2 Å². The third-order valence-electron chi connectivity index (χ3n) is 7.42. The average molecular weight is 575 g/mol. The number of hydrogen-bond donors (Lipinski definition) is 4. The number of aliphatic hydroxyl groups is 1. The molecule has 0 aliphatic carbocycles. The predicted octanol–water partition coefficient (Wildman–Crippen LogP) is 2.20. The topological polar surface area (TPSA) is 183 Å². The standard InChI is InChI=1S/C27H38N6O6S/c1-27(2,20-10-4-3-5-11-20)21-12-8-14-23(18-21)40(38,39)30-24(15-9-17-32(26(28)29)33(36)37)25(35)31-16-7-6-13-22(31)19-34/h3-5,8,10-12,14,18,22,24,30,34H,6-7,9,13,15-17,19H2,1-2H3,(H3,28,29)/t22-,24+/m1/s1. The summed E-state index contributed by atoms with van der Waals surface area (Å²) in [5.74, 6) is -1.26. The number of hydrogen-bond acceptors (Lipinski definition) is 7. The van der Waals surface area contributed by atoms with E-state index in [9.17, 15) is 28.4 Å². The van der Waals surface area contributed by atoms with Crippen LogP contribution in [0.2, 0.25) is 0 Å². The second-order valence-electron chi connectivity index (χ2n) is 10.4. The molecule has 218 valence electrons. The van der Waals surface area contributed by atoms with E-state index in [1.54, 1.807) is 12.1 Å². The van der Waals surface area contributed by atoms with Gasteiger partial charge >= 0.3 is 0 Å². The van der Waals surface area contributed by atoms with E-state index in [0.717, 1.165) is 24.0 Å². The maximum atomic E-state index is 13.6. The zero-order chi connectivity index (χ0) is 29.5. The van der Waals surface area contributed by atoms with Gasteiger partial charge in [-0.15, -0.1) is 0 Å². The second-order valence-corrected chi connectivity index (χ2v) is 12.2. The van der Waals surface area contributed by atoms with Gasteiger partial charge in [-0.2, -0.15) is 4.72 Å². The highest BCUT2D eigenvalue weighted by Crippen LogP contribution is 2.32. The SMILES string of the molecule is CC(C)(c1ccccc1)c1cccc(S(=O)(=O)N[C@@H](CCCN(C(=N)N)[N+](=O)[O-])C(=O)N2CCCC[C@@H]2CO)c1. The number of guanidine groups is 1. The maximum absolute atomic E-state index is 13.6. The van der Waals surface area contributed by atoms with E-state index in [0.29, 0.717) is 18.0 Å². The first-order valence-corrected chi connectivity index (χ1v) is 14.7. The van der Waals surface area contributed by atoms with Crippen LogP contribution < -0.4 is 10.5 Å². The fourth-order valence-corrected chi connectivity index (χ4v) is 6.25. The molecule has 1 aliphatic heterocycles. The lowest BCUT2D eigenvalue weighted by Gasteiger charge is -2.37. The zero-order valence-corrected chi connectivity index (χ0v) is 23.6. The molecule has 2 aromatic carbocycles. The molecule has 0 radical (unpaired) electrons. The highest BCUT2D eigenvalue weighted by Gasteiger charge is 2.34. The van der Waals surface area contributed by atoms with Crippen molar-refractivity contribution in [1.29, 1.82) is 5.41 Å². The molecule has 2 aromatic rings. The molecule has 0 aromatic heterocycles. The average Bonchev–Trinajstić information content (AvgIpc) is 2.94. The molecule has 13 heteroatoms. The molecule has 12 nitrogen and oxygen atoms in total. The van der Waals surface area contributed by atoms with E-state index >= 15 is 0 Å². The van der Waals surface area contributed by atoms with Crippen molar-refractivity contribution in [2.75, 3.05) is 19.7 Å². The van der Waals surface area contributed by atoms with Gasteiger partial charge in [0.1, 0.15) is 6.04 Å². The van der Waals surface area contributed by atoms with Gasteiger partial charge in [-0.3, -0.25) is 10.2 Å². The fraction of sp³-hybridized carbons (Fsp3) is 0.481. The molecule has 0 spiro atoms. The Morgan fingerprint density at radius 2 is 1.90 bits per heavy atom. The molecule has 1 amide bonds. The molecular weight excluding hydrogens is 536 g/mol. The van der Waals surface area contributed by atoms with Crippen LogP contribution in [0.4, 0.5) is 0 Å². The maximum Gasteiger partial charge on any atom is 0.251 e. The number of nitrogens with zero attached hydrogens (tertiary/aromatic N) is 3. The summed E-state index contributed by atoms with van der Waals surface area (Å²) in [4.78, 5) is 26.3. The van der Waals surface area contributed by atoms with Crippen LogP contribution in [0, 0.1) is 15.5 Å². The van der Waals surface area contributed by atoms with Gasteiger partial charge in [-0.1, -0.05) is 61.3 Å². The molecule has 0 saturated carbocycles. The van der Waals surface area contributed by atoms with Crippen molar-refractivity contribution < 1.29 is 23.4 Å². The lowest BCUT2D eigenvalue weighted by atomic mass is 9.78. The Hall–Kier alpha value is -3.55. The minimum Gasteiger partial charge on any atom is -0.394 e. The van der Waals surface area contributed by atoms with Crippen LogP contribution in [0.15, 0.2) is 59.5 Å². The van der Waals surface area contributed by atoms with Gasteiger partial charge in [-0.25, -0.2) is 18.5 Å². The van der Waals surface area contributed by atoms with Gasteiger partial charge < -0.3 is 15.7 Å². The summed E-state index contributed by atoms with van der Waals surface area (Å²) >= 11 is 0. The quantitative estimate of drug-likeness (QED) is 0.129. The third kappa shape index (κ3) is 7.34. The Labute approximate surface area is 234 Å². The van der Waals surface area contributed by atoms with Crippen LogP contribution >= 0.6 is 0 Å². The molecule has 3 rings (SSSR count). The van der Waals surface area contributed by atoms with Crippen LogP contribution in [0.5, 0.6) is 0 Å². The molecule has 1 heterocycles. The number of carbonyl (C=O) groups is 1. The molecule has 40 heavy (non-hydrogen) atoms. The molecule has 2 atom stereocenters. The van der Waals surface area contributed by atoms with Gasteiger partial charge in [0, 0.05) is 12.0 Å². The number of hydrazine groups is 1. The number of nitrogens with two attached hydrogens (primary N) is 1. The van der Waals surface area contributed by atoms with E-state index in [-0.39, 0.29) is 30.9 Å². The monoisotopic (exact) mass is 574 g/mol. The number of rotatable bonds is 12. The molecule has 1 saturated heterocycles. The van der Waals surface area contributed by atoms with Gasteiger partial charge in [0.2, 0.25) is 15.9 Å². The Morgan fingerprint density at radius 1 is 1.23 bits per heavy atom. The zero-order valence-electron chi connectivity index (χ0n) is 22.8. The molecule has 1 fully saturated rings. The number of piperidine rings is 1. The van der Waals surface area contributed by atoms with E-state index in [1.165, 1.54) is 11.0 Å². The van der Waals surface area contributed by atoms with Crippen LogP contribution in [0.25, 0.3) is 0 Å². The second kappa shape index (κ2) is 13.2. The van der Waals surface area contributed by atoms with Crippen molar-refractivity contribution in [2.45, 2.75) is 68.3 Å². The highest BCUT2D eigenvalue weighted by molar-refractivity contribution is 7.89. The number of amides is 1. The fourth-order valence-electron chi connectivity index (χ4n) is 4.98. The minimum absolute atomic E-state index is 0.0121. The Kier molecular flexibility index (Phi) is 10.2. The molecule has 0 unspecified atom stereocenters. The first kappa shape index (κ1) is 31.0. The van der Waals surface area contributed by atoms with Crippen LogP contribution in [-0.2, 0) is 20.2 Å². The van der Waals surface area contributed by atoms with Crippen LogP contribution in [-0.4, -0.2) is 72.1 Å². The van der Waals surface area contributed by atoms with Crippen molar-refractivity contribution in [1.82, 2.24) is 14.6 Å². The first-order valence-electron chi connectivity index (χ1n) is 13.2. The van der Waals surface area contributed by atoms with Crippen molar-refractivity contribution >= 4 is 21.9 Å². The van der Waals surface area contributed by atoms with Crippen LogP contribution in [0.1, 0.15) is 57.1 Å². The summed E-state index contributed by atoms with van der Waals surface area (Å²) < 4.78 is 29.7.